The maximum atomic E-state index is 5.17. The van der Waals surface area contributed by atoms with Crippen molar-refractivity contribution < 1.29 is 0 Å². The standard InChI is InChI=1S/C9H13N3/c1-3-4-8(2)10-7-9-5-6-11-12-9/h1,5-6,8,10H,4,7H2,2H3,(H,11,12). The topological polar surface area (TPSA) is 40.7 Å². The van der Waals surface area contributed by atoms with E-state index in [2.05, 4.69) is 28.4 Å². The number of nitrogens with zero attached hydrogens (tertiary/aromatic N) is 1. The summed E-state index contributed by atoms with van der Waals surface area (Å²) in [6, 6.07) is 2.30. The van der Waals surface area contributed by atoms with Gasteiger partial charge >= 0.3 is 0 Å². The van der Waals surface area contributed by atoms with E-state index in [0.717, 1.165) is 18.7 Å². The molecule has 1 heterocycles. The molecular formula is C9H13N3. The summed E-state index contributed by atoms with van der Waals surface area (Å²) in [5, 5.41) is 9.98. The second-order valence-electron chi connectivity index (χ2n) is 2.77. The van der Waals surface area contributed by atoms with Gasteiger partial charge in [-0.25, -0.2) is 0 Å². The molecule has 1 aromatic rings. The lowest BCUT2D eigenvalue weighted by atomic mass is 10.2. The smallest absolute Gasteiger partial charge is 0.0490 e. The van der Waals surface area contributed by atoms with Gasteiger partial charge in [0.15, 0.2) is 0 Å². The highest BCUT2D eigenvalue weighted by atomic mass is 15.1. The van der Waals surface area contributed by atoms with Crippen molar-refractivity contribution in [2.45, 2.75) is 25.9 Å². The predicted molar refractivity (Wildman–Crippen MR) is 48.3 cm³/mol. The lowest BCUT2D eigenvalue weighted by molar-refractivity contribution is 0.553. The molecule has 64 valence electrons. The van der Waals surface area contributed by atoms with Crippen molar-refractivity contribution >= 4 is 0 Å². The largest absolute Gasteiger partial charge is 0.308 e. The fourth-order valence-corrected chi connectivity index (χ4v) is 0.916. The molecule has 0 saturated carbocycles. The Hall–Kier alpha value is -1.27. The van der Waals surface area contributed by atoms with Crippen molar-refractivity contribution in [3.63, 3.8) is 0 Å². The normalized spacial score (nSPS) is 12.3. The maximum absolute atomic E-state index is 5.17. The van der Waals surface area contributed by atoms with Crippen molar-refractivity contribution in [1.82, 2.24) is 15.5 Å². The number of H-pyrrole nitrogens is 1. The van der Waals surface area contributed by atoms with E-state index in [0.29, 0.717) is 6.04 Å². The van der Waals surface area contributed by atoms with Crippen LogP contribution < -0.4 is 5.32 Å². The summed E-state index contributed by atoms with van der Waals surface area (Å²) < 4.78 is 0. The van der Waals surface area contributed by atoms with Gasteiger partial charge in [0.2, 0.25) is 0 Å². The van der Waals surface area contributed by atoms with Crippen LogP contribution in [0.2, 0.25) is 0 Å². The molecule has 0 amide bonds. The first-order valence-electron chi connectivity index (χ1n) is 3.98. The zero-order chi connectivity index (χ0) is 8.81. The van der Waals surface area contributed by atoms with E-state index in [1.54, 1.807) is 6.20 Å². The van der Waals surface area contributed by atoms with Crippen LogP contribution in [0, 0.1) is 12.3 Å². The second-order valence-corrected chi connectivity index (χ2v) is 2.77. The SMILES string of the molecule is C#CCC(C)NCc1ccn[nH]1. The molecule has 0 aliphatic carbocycles. The monoisotopic (exact) mass is 163 g/mol. The van der Waals surface area contributed by atoms with Gasteiger partial charge < -0.3 is 5.32 Å². The van der Waals surface area contributed by atoms with E-state index in [9.17, 15) is 0 Å². The fraction of sp³-hybridized carbons (Fsp3) is 0.444. The minimum atomic E-state index is 0.360. The summed E-state index contributed by atoms with van der Waals surface area (Å²) in [5.41, 5.74) is 1.08. The lowest BCUT2D eigenvalue weighted by Crippen LogP contribution is -2.24. The maximum Gasteiger partial charge on any atom is 0.0490 e. The molecule has 1 aromatic heterocycles. The van der Waals surface area contributed by atoms with Crippen LogP contribution in [0.5, 0.6) is 0 Å². The fourth-order valence-electron chi connectivity index (χ4n) is 0.916. The van der Waals surface area contributed by atoms with E-state index in [1.807, 2.05) is 6.07 Å². The number of rotatable bonds is 4. The molecule has 3 nitrogen and oxygen atoms in total. The van der Waals surface area contributed by atoms with Gasteiger partial charge in [0, 0.05) is 30.9 Å². The molecule has 0 bridgehead atoms. The van der Waals surface area contributed by atoms with Gasteiger partial charge in [-0.15, -0.1) is 12.3 Å². The Labute approximate surface area is 72.6 Å². The molecule has 0 saturated heterocycles. The number of aromatic amines is 1. The summed E-state index contributed by atoms with van der Waals surface area (Å²) in [6.45, 7) is 2.86. The van der Waals surface area contributed by atoms with Crippen LogP contribution >= 0.6 is 0 Å². The molecule has 1 unspecified atom stereocenters. The van der Waals surface area contributed by atoms with E-state index >= 15 is 0 Å². The Morgan fingerprint density at radius 3 is 3.25 bits per heavy atom. The summed E-state index contributed by atoms with van der Waals surface area (Å²) in [5.74, 6) is 2.61. The third-order valence-corrected chi connectivity index (χ3v) is 1.62. The van der Waals surface area contributed by atoms with Crippen LogP contribution in [0.25, 0.3) is 0 Å². The summed E-state index contributed by atoms with van der Waals surface area (Å²) >= 11 is 0. The van der Waals surface area contributed by atoms with Crippen LogP contribution in [0.1, 0.15) is 19.0 Å². The molecule has 0 aromatic carbocycles. The Balaban J connectivity index is 2.23. The number of terminal acetylenes is 1. The third kappa shape index (κ3) is 2.77. The van der Waals surface area contributed by atoms with Crippen LogP contribution in [-0.4, -0.2) is 16.2 Å². The average molecular weight is 163 g/mol. The van der Waals surface area contributed by atoms with E-state index in [-0.39, 0.29) is 0 Å². The van der Waals surface area contributed by atoms with Crippen LogP contribution in [0.3, 0.4) is 0 Å². The van der Waals surface area contributed by atoms with Crippen LogP contribution in [-0.2, 0) is 6.54 Å². The molecule has 1 atom stereocenters. The molecular weight excluding hydrogens is 150 g/mol. The van der Waals surface area contributed by atoms with Gasteiger partial charge in [0.1, 0.15) is 0 Å². The molecule has 12 heavy (non-hydrogen) atoms. The summed E-state index contributed by atoms with van der Waals surface area (Å²) in [7, 11) is 0. The Morgan fingerprint density at radius 1 is 1.83 bits per heavy atom. The van der Waals surface area contributed by atoms with Gasteiger partial charge in [0.25, 0.3) is 0 Å². The lowest BCUT2D eigenvalue weighted by Gasteiger charge is -2.08. The number of nitrogens with one attached hydrogen (secondary N) is 2. The molecule has 3 heteroatoms. The van der Waals surface area contributed by atoms with Crippen molar-refractivity contribution in [2.24, 2.45) is 0 Å². The highest BCUT2D eigenvalue weighted by molar-refractivity contribution is 4.97. The molecule has 0 fully saturated rings. The Kier molecular flexibility index (Phi) is 3.36. The summed E-state index contributed by atoms with van der Waals surface area (Å²) in [4.78, 5) is 0. The van der Waals surface area contributed by atoms with E-state index in [1.165, 1.54) is 0 Å². The van der Waals surface area contributed by atoms with Crippen LogP contribution in [0.15, 0.2) is 12.3 Å². The van der Waals surface area contributed by atoms with Crippen molar-refractivity contribution in [1.29, 1.82) is 0 Å². The first-order valence-corrected chi connectivity index (χ1v) is 3.98. The molecule has 1 rings (SSSR count). The molecule has 0 radical (unpaired) electrons. The quantitative estimate of drug-likeness (QED) is 0.648. The number of hydrogen-bond donors (Lipinski definition) is 2. The van der Waals surface area contributed by atoms with Crippen molar-refractivity contribution in [2.75, 3.05) is 0 Å². The predicted octanol–water partition coefficient (Wildman–Crippen LogP) is 0.911. The van der Waals surface area contributed by atoms with E-state index in [4.69, 9.17) is 6.42 Å². The molecule has 2 N–H and O–H groups in total. The second kappa shape index (κ2) is 4.58. The molecule has 0 aliphatic heterocycles. The van der Waals surface area contributed by atoms with Gasteiger partial charge in [-0.05, 0) is 13.0 Å². The highest BCUT2D eigenvalue weighted by Crippen LogP contribution is 1.93. The number of hydrogen-bond acceptors (Lipinski definition) is 2. The van der Waals surface area contributed by atoms with Crippen molar-refractivity contribution in [3.05, 3.63) is 18.0 Å². The van der Waals surface area contributed by atoms with Crippen molar-refractivity contribution in [3.8, 4) is 12.3 Å². The first kappa shape index (κ1) is 8.82. The zero-order valence-corrected chi connectivity index (χ0v) is 7.17. The highest BCUT2D eigenvalue weighted by Gasteiger charge is 1.98. The minimum absolute atomic E-state index is 0.360. The first-order chi connectivity index (χ1) is 5.83. The zero-order valence-electron chi connectivity index (χ0n) is 7.17. The Bertz CT molecular complexity index is 245. The van der Waals surface area contributed by atoms with Gasteiger partial charge in [-0.3, -0.25) is 5.10 Å². The molecule has 0 spiro atoms. The summed E-state index contributed by atoms with van der Waals surface area (Å²) in [6.07, 6.45) is 7.67. The Morgan fingerprint density at radius 2 is 2.67 bits per heavy atom. The average Bonchev–Trinajstić information content (AvgIpc) is 2.53. The van der Waals surface area contributed by atoms with Crippen LogP contribution in [0.4, 0.5) is 0 Å². The van der Waals surface area contributed by atoms with E-state index < -0.39 is 0 Å². The number of aromatic nitrogens is 2. The molecule has 0 aliphatic rings. The minimum Gasteiger partial charge on any atom is -0.308 e. The van der Waals surface area contributed by atoms with Gasteiger partial charge in [-0.2, -0.15) is 5.10 Å². The third-order valence-electron chi connectivity index (χ3n) is 1.62. The van der Waals surface area contributed by atoms with Gasteiger partial charge in [-0.1, -0.05) is 0 Å². The van der Waals surface area contributed by atoms with Gasteiger partial charge in [0.05, 0.1) is 0 Å².